The molecule has 5 heteroatoms. The van der Waals surface area contributed by atoms with Crippen LogP contribution in [0.15, 0.2) is 0 Å². The number of carbonyl (C=O) groups is 1. The number of nitrogens with zero attached hydrogens (tertiary/aromatic N) is 1. The molecule has 0 aromatic heterocycles. The van der Waals surface area contributed by atoms with Crippen LogP contribution in [-0.2, 0) is 19.0 Å². The number of carbonyl (C=O) groups excluding carboxylic acids is 1. The minimum Gasteiger partial charge on any atom is -0.468 e. The van der Waals surface area contributed by atoms with Crippen molar-refractivity contribution in [3.8, 4) is 0 Å². The lowest BCUT2D eigenvalue weighted by Crippen LogP contribution is -2.32. The lowest BCUT2D eigenvalue weighted by molar-refractivity contribution is -0.142. The third kappa shape index (κ3) is 10.2. The summed E-state index contributed by atoms with van der Waals surface area (Å²) < 4.78 is 14.9. The largest absolute Gasteiger partial charge is 0.468 e. The summed E-state index contributed by atoms with van der Waals surface area (Å²) in [5, 5.41) is 0. The summed E-state index contributed by atoms with van der Waals surface area (Å²) in [5.74, 6) is -0.182. The Morgan fingerprint density at radius 3 is 2.47 bits per heavy atom. The van der Waals surface area contributed by atoms with Gasteiger partial charge in [-0.1, -0.05) is 6.92 Å². The Bertz CT molecular complexity index is 187. The van der Waals surface area contributed by atoms with Gasteiger partial charge >= 0.3 is 5.97 Å². The average molecular weight is 247 g/mol. The molecule has 0 radical (unpaired) electrons. The van der Waals surface area contributed by atoms with Gasteiger partial charge in [0.15, 0.2) is 0 Å². The summed E-state index contributed by atoms with van der Waals surface area (Å²) in [6.07, 6.45) is 1.95. The first-order chi connectivity index (χ1) is 8.24. The highest BCUT2D eigenvalue weighted by Gasteiger charge is 2.09. The van der Waals surface area contributed by atoms with E-state index < -0.39 is 0 Å². The molecule has 0 aromatic carbocycles. The van der Waals surface area contributed by atoms with Crippen LogP contribution < -0.4 is 0 Å². The van der Waals surface area contributed by atoms with E-state index in [1.165, 1.54) is 7.11 Å². The van der Waals surface area contributed by atoms with Crippen LogP contribution >= 0.6 is 0 Å². The fourth-order valence-corrected chi connectivity index (χ4v) is 1.47. The van der Waals surface area contributed by atoms with Crippen LogP contribution in [0.4, 0.5) is 0 Å². The Labute approximate surface area is 104 Å². The first-order valence-electron chi connectivity index (χ1n) is 6.10. The maximum absolute atomic E-state index is 11.2. The van der Waals surface area contributed by atoms with Crippen molar-refractivity contribution in [2.24, 2.45) is 0 Å². The van der Waals surface area contributed by atoms with E-state index in [0.717, 1.165) is 25.9 Å². The van der Waals surface area contributed by atoms with Gasteiger partial charge in [-0.15, -0.1) is 0 Å². The van der Waals surface area contributed by atoms with Gasteiger partial charge in [0.2, 0.25) is 0 Å². The number of hydrogen-bond acceptors (Lipinski definition) is 5. The lowest BCUT2D eigenvalue weighted by Gasteiger charge is -2.19. The van der Waals surface area contributed by atoms with E-state index in [4.69, 9.17) is 9.47 Å². The number of ether oxygens (including phenoxy) is 3. The van der Waals surface area contributed by atoms with Crippen LogP contribution in [0.1, 0.15) is 19.8 Å². The molecule has 0 unspecified atom stereocenters. The van der Waals surface area contributed by atoms with Crippen molar-refractivity contribution >= 4 is 5.97 Å². The number of methoxy groups -OCH3 is 2. The molecule has 0 heterocycles. The summed E-state index contributed by atoms with van der Waals surface area (Å²) in [4.78, 5) is 13.2. The third-order valence-electron chi connectivity index (χ3n) is 2.32. The van der Waals surface area contributed by atoms with Crippen LogP contribution in [0.5, 0.6) is 0 Å². The first kappa shape index (κ1) is 16.4. The molecule has 0 aliphatic rings. The Kier molecular flexibility index (Phi) is 11.4. The van der Waals surface area contributed by atoms with Crippen molar-refractivity contribution in [1.29, 1.82) is 0 Å². The lowest BCUT2D eigenvalue weighted by atomic mass is 10.3. The summed E-state index contributed by atoms with van der Waals surface area (Å²) >= 11 is 0. The van der Waals surface area contributed by atoms with Gasteiger partial charge in [-0.3, -0.25) is 9.69 Å². The van der Waals surface area contributed by atoms with Gasteiger partial charge in [0.1, 0.15) is 0 Å². The molecule has 0 aliphatic heterocycles. The van der Waals surface area contributed by atoms with Crippen molar-refractivity contribution in [2.75, 3.05) is 53.7 Å². The second-order valence-corrected chi connectivity index (χ2v) is 3.81. The predicted molar refractivity (Wildman–Crippen MR) is 66.1 cm³/mol. The smallest absolute Gasteiger partial charge is 0.319 e. The second kappa shape index (κ2) is 11.8. The van der Waals surface area contributed by atoms with Gasteiger partial charge in [0.05, 0.1) is 26.9 Å². The minimum atomic E-state index is -0.182. The fourth-order valence-electron chi connectivity index (χ4n) is 1.47. The van der Waals surface area contributed by atoms with Gasteiger partial charge in [-0.05, 0) is 19.4 Å². The highest BCUT2D eigenvalue weighted by Crippen LogP contribution is 1.96. The van der Waals surface area contributed by atoms with Crippen LogP contribution in [0.25, 0.3) is 0 Å². The Balaban J connectivity index is 3.58. The van der Waals surface area contributed by atoms with Gasteiger partial charge in [0.25, 0.3) is 0 Å². The highest BCUT2D eigenvalue weighted by molar-refractivity contribution is 5.71. The van der Waals surface area contributed by atoms with Gasteiger partial charge in [0, 0.05) is 20.3 Å². The SMILES string of the molecule is CCCN(CCCOCCOC)CC(=O)OC. The zero-order valence-electron chi connectivity index (χ0n) is 11.2. The molecule has 0 bridgehead atoms. The Morgan fingerprint density at radius 2 is 1.88 bits per heavy atom. The number of esters is 1. The fraction of sp³-hybridized carbons (Fsp3) is 0.917. The summed E-state index contributed by atoms with van der Waals surface area (Å²) in [5.41, 5.74) is 0. The first-order valence-corrected chi connectivity index (χ1v) is 6.10. The quantitative estimate of drug-likeness (QED) is 0.401. The molecule has 102 valence electrons. The molecule has 17 heavy (non-hydrogen) atoms. The van der Waals surface area contributed by atoms with Crippen LogP contribution in [-0.4, -0.2) is 64.5 Å². The van der Waals surface area contributed by atoms with E-state index in [2.05, 4.69) is 16.6 Å². The molecule has 0 aromatic rings. The van der Waals surface area contributed by atoms with E-state index in [1.807, 2.05) is 0 Å². The van der Waals surface area contributed by atoms with Crippen LogP contribution in [0.3, 0.4) is 0 Å². The molecule has 0 spiro atoms. The molecule has 0 fully saturated rings. The second-order valence-electron chi connectivity index (χ2n) is 3.81. The standard InChI is InChI=1S/C12H25NO4/c1-4-6-13(11-12(14)16-3)7-5-8-17-10-9-15-2/h4-11H2,1-3H3. The highest BCUT2D eigenvalue weighted by atomic mass is 16.5. The zero-order chi connectivity index (χ0) is 12.9. The summed E-state index contributed by atoms with van der Waals surface area (Å²) in [7, 11) is 3.07. The molecule has 5 nitrogen and oxygen atoms in total. The third-order valence-corrected chi connectivity index (χ3v) is 2.32. The normalized spacial score (nSPS) is 10.8. The molecule has 0 atom stereocenters. The molecule has 0 saturated heterocycles. The molecular formula is C12H25NO4. The van der Waals surface area contributed by atoms with E-state index in [9.17, 15) is 4.79 Å². The predicted octanol–water partition coefficient (Wildman–Crippen LogP) is 0.925. The molecule has 0 rings (SSSR count). The average Bonchev–Trinajstić information content (AvgIpc) is 2.33. The summed E-state index contributed by atoms with van der Waals surface area (Å²) in [6, 6.07) is 0. The number of rotatable bonds is 11. The molecule has 0 N–H and O–H groups in total. The molecular weight excluding hydrogens is 222 g/mol. The van der Waals surface area contributed by atoms with E-state index >= 15 is 0 Å². The van der Waals surface area contributed by atoms with Gasteiger partial charge in [-0.2, -0.15) is 0 Å². The Hall–Kier alpha value is -0.650. The van der Waals surface area contributed by atoms with E-state index in [-0.39, 0.29) is 5.97 Å². The van der Waals surface area contributed by atoms with Crippen molar-refractivity contribution in [1.82, 2.24) is 4.90 Å². The minimum absolute atomic E-state index is 0.182. The molecule has 0 amide bonds. The number of hydrogen-bond donors (Lipinski definition) is 0. The Morgan fingerprint density at radius 1 is 1.12 bits per heavy atom. The maximum Gasteiger partial charge on any atom is 0.319 e. The monoisotopic (exact) mass is 247 g/mol. The summed E-state index contributed by atoms with van der Waals surface area (Å²) in [6.45, 7) is 6.18. The maximum atomic E-state index is 11.2. The van der Waals surface area contributed by atoms with Gasteiger partial charge < -0.3 is 14.2 Å². The van der Waals surface area contributed by atoms with E-state index in [0.29, 0.717) is 26.4 Å². The van der Waals surface area contributed by atoms with Crippen LogP contribution in [0.2, 0.25) is 0 Å². The molecule has 0 saturated carbocycles. The van der Waals surface area contributed by atoms with Gasteiger partial charge in [-0.25, -0.2) is 0 Å². The van der Waals surface area contributed by atoms with Crippen LogP contribution in [0, 0.1) is 0 Å². The van der Waals surface area contributed by atoms with Crippen molar-refractivity contribution < 1.29 is 19.0 Å². The topological polar surface area (TPSA) is 48.0 Å². The van der Waals surface area contributed by atoms with E-state index in [1.54, 1.807) is 7.11 Å². The molecule has 0 aliphatic carbocycles. The van der Waals surface area contributed by atoms with Crippen molar-refractivity contribution in [2.45, 2.75) is 19.8 Å². The van der Waals surface area contributed by atoms with Crippen molar-refractivity contribution in [3.05, 3.63) is 0 Å². The van der Waals surface area contributed by atoms with Crippen molar-refractivity contribution in [3.63, 3.8) is 0 Å². The zero-order valence-corrected chi connectivity index (χ0v) is 11.2.